The van der Waals surface area contributed by atoms with E-state index in [1.807, 2.05) is 0 Å². The van der Waals surface area contributed by atoms with E-state index in [4.69, 9.17) is 10.3 Å². The average Bonchev–Trinajstić information content (AvgIpc) is 2.76. The second-order valence-corrected chi connectivity index (χ2v) is 4.15. The van der Waals surface area contributed by atoms with Crippen molar-refractivity contribution in [2.75, 3.05) is 0 Å². The van der Waals surface area contributed by atoms with E-state index in [1.54, 1.807) is 13.0 Å². The van der Waals surface area contributed by atoms with Gasteiger partial charge in [0.1, 0.15) is 5.76 Å². The molecule has 0 aliphatic carbocycles. The molecule has 0 radical (unpaired) electrons. The lowest BCUT2D eigenvalue weighted by molar-refractivity contribution is -0.137. The van der Waals surface area contributed by atoms with Crippen LogP contribution in [0.1, 0.15) is 28.5 Å². The minimum absolute atomic E-state index is 0.402. The first kappa shape index (κ1) is 13.6. The fraction of sp³-hybridized carbons (Fsp3) is 0.231. The summed E-state index contributed by atoms with van der Waals surface area (Å²) in [6.45, 7) is 1.77. The summed E-state index contributed by atoms with van der Waals surface area (Å²) in [6, 6.07) is 6.21. The van der Waals surface area contributed by atoms with E-state index in [9.17, 15) is 13.2 Å². The SMILES string of the molecule is Cc1occc1C(NN)c1ccc(C(F)(F)F)cc1. The Bertz CT molecular complexity index is 546. The molecule has 6 heteroatoms. The number of nitrogens with one attached hydrogen (secondary N) is 1. The Labute approximate surface area is 108 Å². The number of hydrazine groups is 1. The van der Waals surface area contributed by atoms with Gasteiger partial charge in [-0.15, -0.1) is 0 Å². The minimum Gasteiger partial charge on any atom is -0.469 e. The van der Waals surface area contributed by atoms with E-state index < -0.39 is 17.8 Å². The summed E-state index contributed by atoms with van der Waals surface area (Å²) in [5.41, 5.74) is 3.33. The van der Waals surface area contributed by atoms with Crippen molar-refractivity contribution >= 4 is 0 Å². The molecule has 0 aliphatic rings. The number of alkyl halides is 3. The summed E-state index contributed by atoms with van der Waals surface area (Å²) in [6.07, 6.45) is -2.82. The van der Waals surface area contributed by atoms with Crippen LogP contribution in [0.3, 0.4) is 0 Å². The van der Waals surface area contributed by atoms with Crippen LogP contribution in [-0.4, -0.2) is 0 Å². The standard InChI is InChI=1S/C13H13F3N2O/c1-8-11(6-7-19-8)12(18-17)9-2-4-10(5-3-9)13(14,15)16/h2-7,12,18H,17H2,1H3. The smallest absolute Gasteiger partial charge is 0.416 e. The highest BCUT2D eigenvalue weighted by molar-refractivity contribution is 5.35. The molecule has 3 N–H and O–H groups in total. The zero-order valence-corrected chi connectivity index (χ0v) is 10.2. The van der Waals surface area contributed by atoms with Crippen LogP contribution in [-0.2, 0) is 6.18 Å². The van der Waals surface area contributed by atoms with E-state index in [-0.39, 0.29) is 0 Å². The van der Waals surface area contributed by atoms with E-state index in [0.29, 0.717) is 11.3 Å². The van der Waals surface area contributed by atoms with Crippen LogP contribution in [0, 0.1) is 6.92 Å². The van der Waals surface area contributed by atoms with Crippen molar-refractivity contribution in [3.63, 3.8) is 0 Å². The first-order valence-corrected chi connectivity index (χ1v) is 5.60. The summed E-state index contributed by atoms with van der Waals surface area (Å²) < 4.78 is 42.6. The molecule has 0 spiro atoms. The Morgan fingerprint density at radius 1 is 1.16 bits per heavy atom. The van der Waals surface area contributed by atoms with Gasteiger partial charge >= 0.3 is 6.18 Å². The predicted octanol–water partition coefficient (Wildman–Crippen LogP) is 3.16. The third-order valence-corrected chi connectivity index (χ3v) is 2.95. The quantitative estimate of drug-likeness (QED) is 0.665. The summed E-state index contributed by atoms with van der Waals surface area (Å²) >= 11 is 0. The van der Waals surface area contributed by atoms with E-state index >= 15 is 0 Å². The molecule has 1 heterocycles. The van der Waals surface area contributed by atoms with Gasteiger partial charge in [-0.1, -0.05) is 12.1 Å². The Morgan fingerprint density at radius 2 is 1.79 bits per heavy atom. The van der Waals surface area contributed by atoms with Gasteiger partial charge in [0.2, 0.25) is 0 Å². The molecule has 1 aromatic carbocycles. The van der Waals surface area contributed by atoms with E-state index in [2.05, 4.69) is 5.43 Å². The van der Waals surface area contributed by atoms with Crippen molar-refractivity contribution in [3.05, 3.63) is 59.0 Å². The second kappa shape index (κ2) is 5.07. The van der Waals surface area contributed by atoms with Crippen LogP contribution in [0.25, 0.3) is 0 Å². The van der Waals surface area contributed by atoms with Crippen molar-refractivity contribution in [1.82, 2.24) is 5.43 Å². The van der Waals surface area contributed by atoms with Gasteiger partial charge in [-0.25, -0.2) is 5.43 Å². The zero-order chi connectivity index (χ0) is 14.0. The lowest BCUT2D eigenvalue weighted by Gasteiger charge is -2.16. The van der Waals surface area contributed by atoms with Gasteiger partial charge in [-0.05, 0) is 30.7 Å². The topological polar surface area (TPSA) is 51.2 Å². The first-order valence-electron chi connectivity index (χ1n) is 5.60. The van der Waals surface area contributed by atoms with Crippen LogP contribution >= 0.6 is 0 Å². The van der Waals surface area contributed by atoms with Crippen LogP contribution < -0.4 is 11.3 Å². The number of hydrogen-bond donors (Lipinski definition) is 2. The lowest BCUT2D eigenvalue weighted by Crippen LogP contribution is -2.29. The van der Waals surface area contributed by atoms with Gasteiger partial charge < -0.3 is 4.42 Å². The number of aryl methyl sites for hydroxylation is 1. The average molecular weight is 270 g/mol. The Hall–Kier alpha value is -1.79. The van der Waals surface area contributed by atoms with Crippen LogP contribution in [0.4, 0.5) is 13.2 Å². The maximum absolute atomic E-state index is 12.5. The second-order valence-electron chi connectivity index (χ2n) is 4.15. The molecule has 0 saturated carbocycles. The van der Waals surface area contributed by atoms with Gasteiger partial charge in [0, 0.05) is 5.56 Å². The van der Waals surface area contributed by atoms with Crippen LogP contribution in [0.5, 0.6) is 0 Å². The molecule has 2 rings (SSSR count). The maximum Gasteiger partial charge on any atom is 0.416 e. The van der Waals surface area contributed by atoms with Crippen molar-refractivity contribution in [2.24, 2.45) is 5.84 Å². The van der Waals surface area contributed by atoms with Crippen molar-refractivity contribution in [3.8, 4) is 0 Å². The molecule has 0 bridgehead atoms. The van der Waals surface area contributed by atoms with E-state index in [0.717, 1.165) is 17.7 Å². The first-order chi connectivity index (χ1) is 8.93. The van der Waals surface area contributed by atoms with E-state index in [1.165, 1.54) is 18.4 Å². The summed E-state index contributed by atoms with van der Waals surface area (Å²) in [7, 11) is 0. The fourth-order valence-corrected chi connectivity index (χ4v) is 1.92. The van der Waals surface area contributed by atoms with Crippen LogP contribution in [0.15, 0.2) is 41.0 Å². The number of furan rings is 1. The number of rotatable bonds is 3. The van der Waals surface area contributed by atoms with Gasteiger partial charge in [0.05, 0.1) is 17.9 Å². The summed E-state index contributed by atoms with van der Waals surface area (Å²) in [4.78, 5) is 0. The van der Waals surface area contributed by atoms with Gasteiger partial charge in [0.15, 0.2) is 0 Å². The van der Waals surface area contributed by atoms with Gasteiger partial charge in [-0.2, -0.15) is 13.2 Å². The highest BCUT2D eigenvalue weighted by atomic mass is 19.4. The number of benzene rings is 1. The fourth-order valence-electron chi connectivity index (χ4n) is 1.92. The molecule has 2 aromatic rings. The largest absolute Gasteiger partial charge is 0.469 e. The number of halogens is 3. The zero-order valence-electron chi connectivity index (χ0n) is 10.2. The van der Waals surface area contributed by atoms with Crippen molar-refractivity contribution in [2.45, 2.75) is 19.1 Å². The molecule has 19 heavy (non-hydrogen) atoms. The Balaban J connectivity index is 2.33. The highest BCUT2D eigenvalue weighted by Gasteiger charge is 2.30. The monoisotopic (exact) mass is 270 g/mol. The molecule has 0 fully saturated rings. The third kappa shape index (κ3) is 2.80. The molecular weight excluding hydrogens is 257 g/mol. The molecule has 1 aromatic heterocycles. The van der Waals surface area contributed by atoms with Gasteiger partial charge in [-0.3, -0.25) is 5.84 Å². The van der Waals surface area contributed by atoms with Crippen molar-refractivity contribution in [1.29, 1.82) is 0 Å². The van der Waals surface area contributed by atoms with Crippen molar-refractivity contribution < 1.29 is 17.6 Å². The Kier molecular flexibility index (Phi) is 3.64. The lowest BCUT2D eigenvalue weighted by atomic mass is 9.99. The third-order valence-electron chi connectivity index (χ3n) is 2.95. The molecule has 0 saturated heterocycles. The summed E-state index contributed by atoms with van der Waals surface area (Å²) in [5, 5.41) is 0. The normalized spacial score (nSPS) is 13.5. The number of nitrogens with two attached hydrogens (primary N) is 1. The molecule has 1 unspecified atom stereocenters. The molecule has 0 aliphatic heterocycles. The Morgan fingerprint density at radius 3 is 2.21 bits per heavy atom. The summed E-state index contributed by atoms with van der Waals surface area (Å²) in [5.74, 6) is 6.14. The van der Waals surface area contributed by atoms with Gasteiger partial charge in [0.25, 0.3) is 0 Å². The molecule has 102 valence electrons. The molecular formula is C13H13F3N2O. The minimum atomic E-state index is -4.34. The highest BCUT2D eigenvalue weighted by Crippen LogP contribution is 2.31. The molecule has 1 atom stereocenters. The molecule has 3 nitrogen and oxygen atoms in total. The number of hydrogen-bond acceptors (Lipinski definition) is 3. The molecule has 0 amide bonds. The van der Waals surface area contributed by atoms with Crippen LogP contribution in [0.2, 0.25) is 0 Å². The predicted molar refractivity (Wildman–Crippen MR) is 64.1 cm³/mol. The maximum atomic E-state index is 12.5.